The Bertz CT molecular complexity index is 468. The van der Waals surface area contributed by atoms with Crippen LogP contribution >= 0.6 is 11.3 Å². The summed E-state index contributed by atoms with van der Waals surface area (Å²) in [5.41, 5.74) is 6.62. The fourth-order valence-corrected chi connectivity index (χ4v) is 2.74. The minimum Gasteiger partial charge on any atom is -0.355 e. The van der Waals surface area contributed by atoms with Gasteiger partial charge in [0.15, 0.2) is 0 Å². The van der Waals surface area contributed by atoms with Gasteiger partial charge in [-0.25, -0.2) is 9.97 Å². The molecule has 0 aromatic carbocycles. The van der Waals surface area contributed by atoms with Crippen LogP contribution in [-0.2, 0) is 0 Å². The molecule has 92 valence electrons. The number of nitrogens with zero attached hydrogens (tertiary/aromatic N) is 3. The summed E-state index contributed by atoms with van der Waals surface area (Å²) in [5.74, 6) is 1.06. The Morgan fingerprint density at radius 3 is 3.00 bits per heavy atom. The average Bonchev–Trinajstić information content (AvgIpc) is 2.82. The Balaban J connectivity index is 2.30. The van der Waals surface area contributed by atoms with Gasteiger partial charge in [-0.1, -0.05) is 6.92 Å². The van der Waals surface area contributed by atoms with Gasteiger partial charge >= 0.3 is 0 Å². The Labute approximate surface area is 105 Å². The smallest absolute Gasteiger partial charge is 0.150 e. The maximum atomic E-state index is 5.59. The summed E-state index contributed by atoms with van der Waals surface area (Å²) < 4.78 is 1.18. The number of hydrogen-bond donors (Lipinski definition) is 1. The first-order valence-electron chi connectivity index (χ1n) is 6.00. The molecule has 0 aliphatic heterocycles. The number of anilines is 1. The molecule has 4 nitrogen and oxygen atoms in total. The fourth-order valence-electron chi connectivity index (χ4n) is 1.88. The van der Waals surface area contributed by atoms with Crippen LogP contribution in [0.15, 0.2) is 17.8 Å². The molecule has 0 fully saturated rings. The summed E-state index contributed by atoms with van der Waals surface area (Å²) in [6.07, 6.45) is 3.76. The van der Waals surface area contributed by atoms with E-state index in [1.807, 2.05) is 6.07 Å². The third-order valence-electron chi connectivity index (χ3n) is 2.65. The predicted molar refractivity (Wildman–Crippen MR) is 73.6 cm³/mol. The molecule has 0 saturated carbocycles. The molecule has 2 rings (SSSR count). The van der Waals surface area contributed by atoms with Gasteiger partial charge in [0.1, 0.15) is 12.1 Å². The van der Waals surface area contributed by atoms with Crippen LogP contribution in [0.3, 0.4) is 0 Å². The molecule has 0 amide bonds. The van der Waals surface area contributed by atoms with E-state index in [1.165, 1.54) is 4.70 Å². The summed E-state index contributed by atoms with van der Waals surface area (Å²) in [6, 6.07) is 2.04. The second kappa shape index (κ2) is 5.93. The van der Waals surface area contributed by atoms with E-state index in [4.69, 9.17) is 5.73 Å². The lowest BCUT2D eigenvalue weighted by atomic mass is 10.3. The maximum Gasteiger partial charge on any atom is 0.150 e. The lowest BCUT2D eigenvalue weighted by Crippen LogP contribution is -2.27. The number of thiophene rings is 1. The van der Waals surface area contributed by atoms with Crippen molar-refractivity contribution in [3.05, 3.63) is 17.8 Å². The van der Waals surface area contributed by atoms with Gasteiger partial charge in [0.2, 0.25) is 0 Å². The number of aromatic nitrogens is 2. The molecule has 17 heavy (non-hydrogen) atoms. The van der Waals surface area contributed by atoms with Crippen LogP contribution in [0.2, 0.25) is 0 Å². The molecule has 5 heteroatoms. The Morgan fingerprint density at radius 1 is 1.35 bits per heavy atom. The van der Waals surface area contributed by atoms with Gasteiger partial charge < -0.3 is 10.6 Å². The summed E-state index contributed by atoms with van der Waals surface area (Å²) in [6.45, 7) is 4.89. The zero-order valence-corrected chi connectivity index (χ0v) is 10.9. The lowest BCUT2D eigenvalue weighted by Gasteiger charge is -2.23. The number of fused-ring (bicyclic) bond motifs is 1. The van der Waals surface area contributed by atoms with Crippen molar-refractivity contribution in [2.75, 3.05) is 24.5 Å². The molecule has 2 aromatic heterocycles. The first-order chi connectivity index (χ1) is 8.36. The predicted octanol–water partition coefficient (Wildman–Crippen LogP) is 2.26. The van der Waals surface area contributed by atoms with E-state index in [9.17, 15) is 0 Å². The van der Waals surface area contributed by atoms with Crippen LogP contribution < -0.4 is 10.6 Å². The monoisotopic (exact) mass is 250 g/mol. The summed E-state index contributed by atoms with van der Waals surface area (Å²) in [4.78, 5) is 11.0. The van der Waals surface area contributed by atoms with Gasteiger partial charge in [0, 0.05) is 13.1 Å². The topological polar surface area (TPSA) is 55.0 Å². The second-order valence-corrected chi connectivity index (χ2v) is 4.88. The fraction of sp³-hybridized carbons (Fsp3) is 0.500. The Hall–Kier alpha value is -1.20. The lowest BCUT2D eigenvalue weighted by molar-refractivity contribution is 0.714. The minimum atomic E-state index is 0.721. The van der Waals surface area contributed by atoms with Gasteiger partial charge in [-0.15, -0.1) is 11.3 Å². The number of hydrogen-bond acceptors (Lipinski definition) is 5. The molecule has 0 bridgehead atoms. The van der Waals surface area contributed by atoms with Gasteiger partial charge in [0.05, 0.1) is 10.2 Å². The maximum absolute atomic E-state index is 5.59. The zero-order valence-electron chi connectivity index (χ0n) is 10.1. The summed E-state index contributed by atoms with van der Waals surface area (Å²) in [7, 11) is 0. The molecule has 0 saturated heterocycles. The zero-order chi connectivity index (χ0) is 12.1. The molecular formula is C12H18N4S. The SMILES string of the molecule is CCCN(CCCN)c1ncnc2ccsc12. The minimum absolute atomic E-state index is 0.721. The molecule has 0 aliphatic carbocycles. The van der Waals surface area contributed by atoms with Crippen LogP contribution in [0.25, 0.3) is 10.2 Å². The quantitative estimate of drug-likeness (QED) is 0.854. The molecule has 2 N–H and O–H groups in total. The van der Waals surface area contributed by atoms with Crippen LogP contribution in [0, 0.1) is 0 Å². The standard InChI is InChI=1S/C12H18N4S/c1-2-6-16(7-3-5-13)12-11-10(4-8-17-11)14-9-15-12/h4,8-9H,2-3,5-7,13H2,1H3. The largest absolute Gasteiger partial charge is 0.355 e. The van der Waals surface area contributed by atoms with Gasteiger partial charge in [-0.3, -0.25) is 0 Å². The third-order valence-corrected chi connectivity index (χ3v) is 3.55. The van der Waals surface area contributed by atoms with Gasteiger partial charge in [0.25, 0.3) is 0 Å². The first kappa shape index (κ1) is 12.3. The molecule has 0 aliphatic rings. The summed E-state index contributed by atoms with van der Waals surface area (Å²) >= 11 is 1.70. The van der Waals surface area contributed by atoms with E-state index in [2.05, 4.69) is 27.2 Å². The highest BCUT2D eigenvalue weighted by atomic mass is 32.1. The normalized spacial score (nSPS) is 10.9. The molecule has 0 spiro atoms. The Kier molecular flexibility index (Phi) is 4.28. The van der Waals surface area contributed by atoms with Gasteiger partial charge in [-0.05, 0) is 30.8 Å². The van der Waals surface area contributed by atoms with Crippen molar-refractivity contribution in [1.82, 2.24) is 9.97 Å². The van der Waals surface area contributed by atoms with E-state index in [1.54, 1.807) is 17.7 Å². The van der Waals surface area contributed by atoms with Crippen molar-refractivity contribution >= 4 is 27.4 Å². The van der Waals surface area contributed by atoms with Gasteiger partial charge in [-0.2, -0.15) is 0 Å². The molecule has 2 aromatic rings. The van der Waals surface area contributed by atoms with Crippen molar-refractivity contribution < 1.29 is 0 Å². The molecule has 0 unspecified atom stereocenters. The molecule has 2 heterocycles. The average molecular weight is 250 g/mol. The van der Waals surface area contributed by atoms with Crippen LogP contribution in [-0.4, -0.2) is 29.6 Å². The highest BCUT2D eigenvalue weighted by Gasteiger charge is 2.11. The van der Waals surface area contributed by atoms with E-state index >= 15 is 0 Å². The number of rotatable bonds is 6. The summed E-state index contributed by atoms with van der Waals surface area (Å²) in [5, 5.41) is 2.07. The van der Waals surface area contributed by atoms with Crippen molar-refractivity contribution in [2.45, 2.75) is 19.8 Å². The first-order valence-corrected chi connectivity index (χ1v) is 6.88. The van der Waals surface area contributed by atoms with Crippen LogP contribution in [0.5, 0.6) is 0 Å². The van der Waals surface area contributed by atoms with E-state index in [0.29, 0.717) is 0 Å². The van der Waals surface area contributed by atoms with E-state index < -0.39 is 0 Å². The molecule has 0 atom stereocenters. The second-order valence-electron chi connectivity index (χ2n) is 3.96. The third kappa shape index (κ3) is 2.73. The Morgan fingerprint density at radius 2 is 2.24 bits per heavy atom. The van der Waals surface area contributed by atoms with E-state index in [-0.39, 0.29) is 0 Å². The van der Waals surface area contributed by atoms with E-state index in [0.717, 1.165) is 43.8 Å². The van der Waals surface area contributed by atoms with Crippen molar-refractivity contribution in [2.24, 2.45) is 5.73 Å². The molecule has 0 radical (unpaired) electrons. The highest BCUT2D eigenvalue weighted by Crippen LogP contribution is 2.27. The number of nitrogens with two attached hydrogens (primary N) is 1. The van der Waals surface area contributed by atoms with Crippen LogP contribution in [0.4, 0.5) is 5.82 Å². The van der Waals surface area contributed by atoms with Crippen molar-refractivity contribution in [3.63, 3.8) is 0 Å². The van der Waals surface area contributed by atoms with Crippen molar-refractivity contribution in [3.8, 4) is 0 Å². The highest BCUT2D eigenvalue weighted by molar-refractivity contribution is 7.17. The molecular weight excluding hydrogens is 232 g/mol. The van der Waals surface area contributed by atoms with Crippen molar-refractivity contribution in [1.29, 1.82) is 0 Å². The van der Waals surface area contributed by atoms with Crippen LogP contribution in [0.1, 0.15) is 19.8 Å².